The number of hydrogen-bond acceptors (Lipinski definition) is 1. The van der Waals surface area contributed by atoms with E-state index in [9.17, 15) is 26.3 Å². The van der Waals surface area contributed by atoms with Gasteiger partial charge in [-0.15, -0.1) is 0 Å². The molecule has 0 saturated heterocycles. The number of halogens is 6. The summed E-state index contributed by atoms with van der Waals surface area (Å²) in [4.78, 5) is 1.64. The van der Waals surface area contributed by atoms with Crippen LogP contribution in [0.3, 0.4) is 0 Å². The number of aromatic amines is 1. The number of aromatic nitrogens is 1. The highest BCUT2D eigenvalue weighted by Crippen LogP contribution is 2.41. The van der Waals surface area contributed by atoms with Crippen LogP contribution in [0, 0.1) is 11.3 Å². The van der Waals surface area contributed by atoms with Crippen LogP contribution in [0.15, 0.2) is 6.20 Å². The fraction of sp³-hybridized carbons (Fsp3) is 0.286. The number of alkyl halides is 6. The molecule has 1 heterocycles. The third kappa shape index (κ3) is 2.06. The first kappa shape index (κ1) is 11.4. The number of nitrogens with zero attached hydrogens (tertiary/aromatic N) is 1. The van der Waals surface area contributed by atoms with Gasteiger partial charge in [-0.05, 0) is 0 Å². The Morgan fingerprint density at radius 1 is 1.07 bits per heavy atom. The van der Waals surface area contributed by atoms with Crippen molar-refractivity contribution in [3.63, 3.8) is 0 Å². The van der Waals surface area contributed by atoms with E-state index >= 15 is 0 Å². The highest BCUT2D eigenvalue weighted by Gasteiger charge is 2.46. The largest absolute Gasteiger partial charge is 0.419 e. The van der Waals surface area contributed by atoms with E-state index in [-0.39, 0.29) is 6.20 Å². The zero-order chi connectivity index (χ0) is 11.9. The van der Waals surface area contributed by atoms with Crippen LogP contribution in [0.2, 0.25) is 0 Å². The maximum atomic E-state index is 12.2. The van der Waals surface area contributed by atoms with E-state index in [1.165, 1.54) is 0 Å². The predicted molar refractivity (Wildman–Crippen MR) is 35.5 cm³/mol. The van der Waals surface area contributed by atoms with E-state index < -0.39 is 29.2 Å². The molecule has 0 aromatic carbocycles. The summed E-state index contributed by atoms with van der Waals surface area (Å²) in [7, 11) is 0. The molecule has 0 unspecified atom stereocenters. The summed E-state index contributed by atoms with van der Waals surface area (Å²) < 4.78 is 72.9. The Kier molecular flexibility index (Phi) is 2.43. The number of nitrogens with one attached hydrogen (secondary N) is 1. The Labute approximate surface area is 79.1 Å². The molecule has 0 amide bonds. The first-order valence-electron chi connectivity index (χ1n) is 3.43. The van der Waals surface area contributed by atoms with Crippen molar-refractivity contribution in [3.8, 4) is 6.07 Å². The summed E-state index contributed by atoms with van der Waals surface area (Å²) in [6.07, 6.45) is -10.2. The number of H-pyrrole nitrogens is 1. The summed E-state index contributed by atoms with van der Waals surface area (Å²) >= 11 is 0. The first-order chi connectivity index (χ1) is 6.68. The lowest BCUT2D eigenvalue weighted by Gasteiger charge is -2.10. The quantitative estimate of drug-likeness (QED) is 0.681. The molecule has 0 saturated carbocycles. The molecule has 0 radical (unpaired) electrons. The second-order valence-corrected chi connectivity index (χ2v) is 2.56. The smallest absolute Gasteiger partial charge is 0.352 e. The zero-order valence-electron chi connectivity index (χ0n) is 6.79. The van der Waals surface area contributed by atoms with Gasteiger partial charge >= 0.3 is 12.4 Å². The van der Waals surface area contributed by atoms with Crippen LogP contribution in [0.25, 0.3) is 0 Å². The van der Waals surface area contributed by atoms with Crippen molar-refractivity contribution >= 4 is 0 Å². The first-order valence-corrected chi connectivity index (χ1v) is 3.43. The Balaban J connectivity index is 3.46. The second-order valence-electron chi connectivity index (χ2n) is 2.56. The van der Waals surface area contributed by atoms with Gasteiger partial charge in [0, 0.05) is 6.20 Å². The zero-order valence-corrected chi connectivity index (χ0v) is 6.79. The van der Waals surface area contributed by atoms with Gasteiger partial charge in [-0.1, -0.05) is 0 Å². The molecule has 8 heteroatoms. The number of rotatable bonds is 0. The molecule has 1 aromatic rings. The highest BCUT2D eigenvalue weighted by atomic mass is 19.4. The Hall–Kier alpha value is -1.65. The highest BCUT2D eigenvalue weighted by molar-refractivity contribution is 5.42. The average molecular weight is 228 g/mol. The minimum absolute atomic E-state index is 0.126. The normalized spacial score (nSPS) is 12.6. The predicted octanol–water partition coefficient (Wildman–Crippen LogP) is 2.92. The monoisotopic (exact) mass is 228 g/mol. The molecule has 1 aromatic heterocycles. The van der Waals surface area contributed by atoms with Crippen LogP contribution >= 0.6 is 0 Å². The second kappa shape index (κ2) is 3.18. The molecule has 0 spiro atoms. The maximum absolute atomic E-state index is 12.2. The van der Waals surface area contributed by atoms with E-state index in [4.69, 9.17) is 5.26 Å². The standard InChI is InChI=1S/C7H2F6N2/c8-6(9,10)3-2-15-4(1-14)5(3)7(11,12)13/h2,15H. The minimum atomic E-state index is -5.21. The molecule has 0 aliphatic carbocycles. The van der Waals surface area contributed by atoms with Gasteiger partial charge in [0.05, 0.1) is 5.56 Å². The van der Waals surface area contributed by atoms with Gasteiger partial charge in [-0.25, -0.2) is 0 Å². The number of nitriles is 1. The lowest BCUT2D eigenvalue weighted by Crippen LogP contribution is -2.15. The lowest BCUT2D eigenvalue weighted by molar-refractivity contribution is -0.161. The summed E-state index contributed by atoms with van der Waals surface area (Å²) in [5, 5.41) is 8.21. The molecule has 2 nitrogen and oxygen atoms in total. The van der Waals surface area contributed by atoms with Crippen LogP contribution in [-0.2, 0) is 12.4 Å². The van der Waals surface area contributed by atoms with Gasteiger partial charge in [-0.3, -0.25) is 0 Å². The fourth-order valence-corrected chi connectivity index (χ4v) is 1.03. The van der Waals surface area contributed by atoms with E-state index in [0.29, 0.717) is 0 Å². The van der Waals surface area contributed by atoms with Crippen LogP contribution in [0.1, 0.15) is 16.8 Å². The third-order valence-corrected chi connectivity index (χ3v) is 1.58. The average Bonchev–Trinajstić information content (AvgIpc) is 2.44. The van der Waals surface area contributed by atoms with E-state index in [1.807, 2.05) is 0 Å². The van der Waals surface area contributed by atoms with Crippen molar-refractivity contribution in [2.24, 2.45) is 0 Å². The van der Waals surface area contributed by atoms with Crippen LogP contribution < -0.4 is 0 Å². The van der Waals surface area contributed by atoms with Crippen LogP contribution in [0.5, 0.6) is 0 Å². The van der Waals surface area contributed by atoms with Crippen LogP contribution in [0.4, 0.5) is 26.3 Å². The summed E-state index contributed by atoms with van der Waals surface area (Å²) in [6, 6.07) is 1.02. The summed E-state index contributed by atoms with van der Waals surface area (Å²) in [6.45, 7) is 0. The van der Waals surface area contributed by atoms with Crippen molar-refractivity contribution in [3.05, 3.63) is 23.0 Å². The van der Waals surface area contributed by atoms with Crippen molar-refractivity contribution < 1.29 is 26.3 Å². The van der Waals surface area contributed by atoms with E-state index in [0.717, 1.165) is 6.07 Å². The Bertz CT molecular complexity index is 405. The molecule has 15 heavy (non-hydrogen) atoms. The maximum Gasteiger partial charge on any atom is 0.419 e. The molecule has 82 valence electrons. The molecule has 0 aliphatic rings. The van der Waals surface area contributed by atoms with Crippen molar-refractivity contribution in [1.29, 1.82) is 5.26 Å². The summed E-state index contributed by atoms with van der Waals surface area (Å²) in [5.74, 6) is 0. The SMILES string of the molecule is N#Cc1[nH]cc(C(F)(F)F)c1C(F)(F)F. The van der Waals surface area contributed by atoms with Crippen molar-refractivity contribution in [1.82, 2.24) is 4.98 Å². The summed E-state index contributed by atoms with van der Waals surface area (Å²) in [5.41, 5.74) is -5.00. The molecule has 0 aliphatic heterocycles. The Morgan fingerprint density at radius 3 is 1.93 bits per heavy atom. The minimum Gasteiger partial charge on any atom is -0.352 e. The fourth-order valence-electron chi connectivity index (χ4n) is 1.03. The van der Waals surface area contributed by atoms with Gasteiger partial charge in [0.1, 0.15) is 17.3 Å². The van der Waals surface area contributed by atoms with Gasteiger partial charge in [0.15, 0.2) is 0 Å². The number of hydrogen-bond donors (Lipinski definition) is 1. The van der Waals surface area contributed by atoms with Crippen molar-refractivity contribution in [2.45, 2.75) is 12.4 Å². The third-order valence-electron chi connectivity index (χ3n) is 1.58. The lowest BCUT2D eigenvalue weighted by atomic mass is 10.1. The van der Waals surface area contributed by atoms with Gasteiger partial charge in [-0.2, -0.15) is 31.6 Å². The van der Waals surface area contributed by atoms with Gasteiger partial charge in [0.2, 0.25) is 0 Å². The molecular weight excluding hydrogens is 226 g/mol. The molecular formula is C7H2F6N2. The van der Waals surface area contributed by atoms with E-state index in [2.05, 4.69) is 0 Å². The molecule has 0 fully saturated rings. The molecule has 0 atom stereocenters. The van der Waals surface area contributed by atoms with Gasteiger partial charge in [0.25, 0.3) is 0 Å². The molecule has 1 N–H and O–H groups in total. The van der Waals surface area contributed by atoms with Crippen LogP contribution in [-0.4, -0.2) is 4.98 Å². The Morgan fingerprint density at radius 2 is 1.60 bits per heavy atom. The van der Waals surface area contributed by atoms with E-state index in [1.54, 1.807) is 4.98 Å². The van der Waals surface area contributed by atoms with Crippen molar-refractivity contribution in [2.75, 3.05) is 0 Å². The van der Waals surface area contributed by atoms with Gasteiger partial charge < -0.3 is 4.98 Å². The molecule has 0 bridgehead atoms. The topological polar surface area (TPSA) is 39.6 Å². The molecule has 1 rings (SSSR count).